The zero-order valence-corrected chi connectivity index (χ0v) is 28.4. The molecular formula is C39H45N5O5. The van der Waals surface area contributed by atoms with Crippen LogP contribution in [0.15, 0.2) is 97.1 Å². The molecule has 10 heteroatoms. The highest BCUT2D eigenvalue weighted by molar-refractivity contribution is 6.40. The van der Waals surface area contributed by atoms with E-state index in [-0.39, 0.29) is 42.5 Å². The van der Waals surface area contributed by atoms with Crippen molar-refractivity contribution in [2.24, 2.45) is 23.3 Å². The van der Waals surface area contributed by atoms with E-state index in [1.807, 2.05) is 45.9 Å². The lowest BCUT2D eigenvalue weighted by atomic mass is 9.62. The summed E-state index contributed by atoms with van der Waals surface area (Å²) in [5.74, 6) is -4.69. The van der Waals surface area contributed by atoms with E-state index in [0.29, 0.717) is 5.52 Å². The van der Waals surface area contributed by atoms with Crippen LogP contribution in [0.5, 0.6) is 0 Å². The first-order valence-corrected chi connectivity index (χ1v) is 16.5. The number of nitrogens with one attached hydrogen (secondary N) is 2. The van der Waals surface area contributed by atoms with E-state index in [0.717, 1.165) is 10.9 Å². The van der Waals surface area contributed by atoms with Crippen molar-refractivity contribution >= 4 is 40.1 Å². The minimum atomic E-state index is -2.42. The van der Waals surface area contributed by atoms with Crippen molar-refractivity contribution in [1.82, 2.24) is 15.6 Å². The van der Waals surface area contributed by atoms with Crippen LogP contribution in [0.3, 0.4) is 0 Å². The molecule has 10 nitrogen and oxygen atoms in total. The summed E-state index contributed by atoms with van der Waals surface area (Å²) in [5.41, 5.74) is 12.3. The van der Waals surface area contributed by atoms with Gasteiger partial charge in [-0.15, -0.1) is 0 Å². The number of rotatable bonds is 16. The van der Waals surface area contributed by atoms with Crippen LogP contribution in [0, 0.1) is 11.8 Å². The number of aromatic nitrogens is 1. The lowest BCUT2D eigenvalue weighted by molar-refractivity contribution is -0.146. The van der Waals surface area contributed by atoms with Gasteiger partial charge in [0.15, 0.2) is 11.6 Å². The molecule has 0 aliphatic heterocycles. The molecule has 1 aromatic heterocycles. The molecule has 0 saturated carbocycles. The highest BCUT2D eigenvalue weighted by Crippen LogP contribution is 2.35. The smallest absolute Gasteiger partial charge is 0.289 e. The number of pyridine rings is 1. The standard InChI is InChI=1S/C39H45N5O5/c1-24(2)21-29(40)35(46)39(28-16-9-6-10-17-28,34(41)33(45)38(49)42-23-26-13-7-5-8-14-26)36(47)32(22-25(3)4)44-37(48)31-20-19-27-15-11-12-18-30(27)43-31/h5-20,24-25,29,32,34H,21-23,40-41H2,1-4H3,(H,42,49)(H,44,48)/t29-,32-,34+,39?/m0/s1. The fraction of sp³-hybridized carbons (Fsp3) is 0.333. The van der Waals surface area contributed by atoms with Gasteiger partial charge in [-0.2, -0.15) is 0 Å². The number of amides is 2. The second kappa shape index (κ2) is 16.4. The van der Waals surface area contributed by atoms with Gasteiger partial charge in [0.1, 0.15) is 11.1 Å². The molecule has 0 spiro atoms. The molecule has 4 rings (SSSR count). The lowest BCUT2D eigenvalue weighted by Crippen LogP contribution is -2.68. The molecule has 4 aromatic rings. The van der Waals surface area contributed by atoms with Gasteiger partial charge in [-0.3, -0.25) is 24.0 Å². The quantitative estimate of drug-likeness (QED) is 0.103. The summed E-state index contributed by atoms with van der Waals surface area (Å²) in [4.78, 5) is 75.5. The molecule has 0 aliphatic rings. The Morgan fingerprint density at radius 3 is 1.94 bits per heavy atom. The molecule has 0 saturated heterocycles. The van der Waals surface area contributed by atoms with E-state index in [9.17, 15) is 19.2 Å². The number of Topliss-reactive ketones (excluding diaryl/α,β-unsaturated/α-hetero) is 3. The van der Waals surface area contributed by atoms with Crippen molar-refractivity contribution in [1.29, 1.82) is 0 Å². The van der Waals surface area contributed by atoms with Crippen molar-refractivity contribution in [3.8, 4) is 0 Å². The molecule has 4 atom stereocenters. The summed E-state index contributed by atoms with van der Waals surface area (Å²) in [5, 5.41) is 6.20. The molecule has 0 fully saturated rings. The van der Waals surface area contributed by atoms with Crippen LogP contribution in [0.25, 0.3) is 10.9 Å². The zero-order chi connectivity index (χ0) is 35.7. The lowest BCUT2D eigenvalue weighted by Gasteiger charge is -2.40. The molecule has 1 heterocycles. The minimum Gasteiger partial charge on any atom is -0.345 e. The average molecular weight is 664 g/mol. The topological polar surface area (TPSA) is 174 Å². The van der Waals surface area contributed by atoms with Crippen molar-refractivity contribution in [3.05, 3.63) is 114 Å². The molecule has 6 N–H and O–H groups in total. The van der Waals surface area contributed by atoms with Crippen LogP contribution in [0.4, 0.5) is 0 Å². The van der Waals surface area contributed by atoms with Gasteiger partial charge in [0.05, 0.1) is 23.6 Å². The fourth-order valence-electron chi connectivity index (χ4n) is 6.11. The molecule has 1 unspecified atom stereocenters. The number of benzene rings is 3. The van der Waals surface area contributed by atoms with Gasteiger partial charge in [-0.1, -0.05) is 113 Å². The van der Waals surface area contributed by atoms with E-state index in [1.165, 1.54) is 12.1 Å². The summed E-state index contributed by atoms with van der Waals surface area (Å²) < 4.78 is 0. The van der Waals surface area contributed by atoms with Crippen LogP contribution < -0.4 is 22.1 Å². The monoisotopic (exact) mass is 663 g/mol. The third-order valence-electron chi connectivity index (χ3n) is 8.50. The predicted octanol–water partition coefficient (Wildman–Crippen LogP) is 4.04. The summed E-state index contributed by atoms with van der Waals surface area (Å²) in [6.07, 6.45) is 0.282. The number of ketones is 3. The minimum absolute atomic E-state index is 0.0238. The summed E-state index contributed by atoms with van der Waals surface area (Å²) in [6.45, 7) is 7.49. The second-order valence-electron chi connectivity index (χ2n) is 13.2. The summed E-state index contributed by atoms with van der Waals surface area (Å²) in [7, 11) is 0. The highest BCUT2D eigenvalue weighted by atomic mass is 16.2. The molecule has 0 radical (unpaired) electrons. The Balaban J connectivity index is 1.82. The third-order valence-corrected chi connectivity index (χ3v) is 8.50. The Hall–Kier alpha value is -5.06. The maximum atomic E-state index is 15.2. The number of nitrogens with two attached hydrogens (primary N) is 2. The number of para-hydroxylation sites is 1. The number of hydrogen-bond donors (Lipinski definition) is 4. The van der Waals surface area contributed by atoms with E-state index in [1.54, 1.807) is 66.7 Å². The summed E-state index contributed by atoms with van der Waals surface area (Å²) >= 11 is 0. The van der Waals surface area contributed by atoms with E-state index >= 15 is 4.79 Å². The van der Waals surface area contributed by atoms with Gasteiger partial charge in [-0.05, 0) is 47.9 Å². The van der Waals surface area contributed by atoms with Gasteiger partial charge < -0.3 is 22.1 Å². The van der Waals surface area contributed by atoms with Crippen LogP contribution in [-0.2, 0) is 31.1 Å². The normalized spacial score (nSPS) is 14.4. The molecule has 49 heavy (non-hydrogen) atoms. The first-order chi connectivity index (χ1) is 23.4. The fourth-order valence-corrected chi connectivity index (χ4v) is 6.11. The molecule has 0 aliphatic carbocycles. The highest BCUT2D eigenvalue weighted by Gasteiger charge is 2.58. The van der Waals surface area contributed by atoms with Gasteiger partial charge in [-0.25, -0.2) is 4.98 Å². The molecule has 2 amide bonds. The van der Waals surface area contributed by atoms with E-state index < -0.39 is 52.7 Å². The first kappa shape index (κ1) is 36.8. The number of fused-ring (bicyclic) bond motifs is 1. The van der Waals surface area contributed by atoms with Gasteiger partial charge in [0, 0.05) is 11.9 Å². The largest absolute Gasteiger partial charge is 0.345 e. The Labute approximate surface area is 287 Å². The van der Waals surface area contributed by atoms with Crippen LogP contribution in [0.1, 0.15) is 62.2 Å². The molecule has 256 valence electrons. The Bertz CT molecular complexity index is 1790. The maximum Gasteiger partial charge on any atom is 0.289 e. The number of carbonyl (C=O) groups excluding carboxylic acids is 5. The first-order valence-electron chi connectivity index (χ1n) is 16.5. The van der Waals surface area contributed by atoms with E-state index in [4.69, 9.17) is 11.5 Å². The summed E-state index contributed by atoms with van der Waals surface area (Å²) in [6, 6.07) is 23.0. The molecular weight excluding hydrogens is 618 g/mol. The van der Waals surface area contributed by atoms with Crippen LogP contribution >= 0.6 is 0 Å². The maximum absolute atomic E-state index is 15.2. The third kappa shape index (κ3) is 8.51. The number of carbonyl (C=O) groups is 5. The van der Waals surface area contributed by atoms with E-state index in [2.05, 4.69) is 15.6 Å². The Kier molecular flexibility index (Phi) is 12.3. The van der Waals surface area contributed by atoms with Gasteiger partial charge in [0.2, 0.25) is 5.78 Å². The SMILES string of the molecule is CC(C)C[C@H](NC(=O)c1ccc2ccccc2n1)C(=O)C(C(=O)[C@@H](N)CC(C)C)(c1ccccc1)[C@H](N)C(=O)C(=O)NCc1ccccc1. The Morgan fingerprint density at radius 2 is 1.31 bits per heavy atom. The Morgan fingerprint density at radius 1 is 0.714 bits per heavy atom. The van der Waals surface area contributed by atoms with Crippen molar-refractivity contribution in [2.75, 3.05) is 0 Å². The second-order valence-corrected chi connectivity index (χ2v) is 13.2. The predicted molar refractivity (Wildman–Crippen MR) is 189 cm³/mol. The van der Waals surface area contributed by atoms with Crippen LogP contribution in [-0.4, -0.2) is 52.3 Å². The van der Waals surface area contributed by atoms with Crippen molar-refractivity contribution in [3.63, 3.8) is 0 Å². The van der Waals surface area contributed by atoms with Crippen molar-refractivity contribution < 1.29 is 24.0 Å². The number of hydrogen-bond acceptors (Lipinski definition) is 8. The van der Waals surface area contributed by atoms with Crippen LogP contribution in [0.2, 0.25) is 0 Å². The average Bonchev–Trinajstić information content (AvgIpc) is 3.10. The molecule has 0 bridgehead atoms. The van der Waals surface area contributed by atoms with Crippen molar-refractivity contribution in [2.45, 2.75) is 70.6 Å². The van der Waals surface area contributed by atoms with Gasteiger partial charge in [0.25, 0.3) is 11.8 Å². The molecule has 3 aromatic carbocycles. The van der Waals surface area contributed by atoms with Gasteiger partial charge >= 0.3 is 0 Å². The number of nitrogens with zero attached hydrogens (tertiary/aromatic N) is 1. The zero-order valence-electron chi connectivity index (χ0n) is 28.4.